The molecule has 0 aliphatic carbocycles. The summed E-state index contributed by atoms with van der Waals surface area (Å²) in [5.74, 6) is 0. The Kier molecular flexibility index (Phi) is 35.4. The summed E-state index contributed by atoms with van der Waals surface area (Å²) in [6.45, 7) is 7.69. The summed E-state index contributed by atoms with van der Waals surface area (Å²) in [4.78, 5) is 10.4. The van der Waals surface area contributed by atoms with Crippen molar-refractivity contribution >= 4 is 7.82 Å². The van der Waals surface area contributed by atoms with Crippen LogP contribution >= 0.6 is 7.82 Å². The van der Waals surface area contributed by atoms with Gasteiger partial charge in [0.2, 0.25) is 0 Å². The minimum absolute atomic E-state index is 0.177. The Balaban J connectivity index is 3.99. The van der Waals surface area contributed by atoms with Crippen LogP contribution in [0.25, 0.3) is 0 Å². The van der Waals surface area contributed by atoms with E-state index in [0.29, 0.717) is 30.8 Å². The summed E-state index contributed by atoms with van der Waals surface area (Å²) in [6, 6.07) is 0. The second-order valence-electron chi connectivity index (χ2n) is 15.5. The predicted octanol–water partition coefficient (Wildman–Crippen LogP) is 11.8. The molecule has 0 aliphatic rings. The highest BCUT2D eigenvalue weighted by Gasteiger charge is 2.27. The van der Waals surface area contributed by atoms with Gasteiger partial charge in [0.1, 0.15) is 19.3 Å². The molecule has 0 aromatic heterocycles. The van der Waals surface area contributed by atoms with Gasteiger partial charge in [-0.2, -0.15) is 0 Å². The maximum Gasteiger partial charge on any atom is 0.472 e. The first-order chi connectivity index (χ1) is 23.2. The molecule has 7 nitrogen and oxygen atoms in total. The number of rotatable bonds is 40. The Labute approximate surface area is 300 Å². The molecular formula is C40H86N2O5P+. The number of unbranched alkanes of at least 4 members (excludes halogenated alkanes) is 26. The Bertz CT molecular complexity index is 691. The number of nitrogens with zero attached hydrogens (tertiary/aromatic N) is 1. The Morgan fingerprint density at radius 2 is 0.938 bits per heavy atom. The third-order valence-electron chi connectivity index (χ3n) is 9.32. The van der Waals surface area contributed by atoms with Crippen molar-refractivity contribution in [3.8, 4) is 0 Å². The van der Waals surface area contributed by atoms with Crippen LogP contribution in [0.2, 0.25) is 0 Å². The SMILES string of the molecule is CCCCCCCCCCCCCCCCCCCCNCC(COCCCCCCCCCCCC)OP(=O)(O)OCC[N+](C)(C)C. The number of phosphoric acid groups is 1. The molecule has 0 aromatic rings. The van der Waals surface area contributed by atoms with Crippen LogP contribution in [-0.4, -0.2) is 76.1 Å². The molecule has 0 amide bonds. The molecule has 8 heteroatoms. The molecular weight excluding hydrogens is 619 g/mol. The molecule has 2 N–H and O–H groups in total. The highest BCUT2D eigenvalue weighted by molar-refractivity contribution is 7.47. The third kappa shape index (κ3) is 38.8. The number of nitrogens with one attached hydrogen (secondary N) is 1. The van der Waals surface area contributed by atoms with Gasteiger partial charge in [-0.05, 0) is 19.4 Å². The van der Waals surface area contributed by atoms with E-state index in [2.05, 4.69) is 19.2 Å². The molecule has 290 valence electrons. The quantitative estimate of drug-likeness (QED) is 0.0375. The average Bonchev–Trinajstić information content (AvgIpc) is 3.03. The van der Waals surface area contributed by atoms with Gasteiger partial charge in [-0.3, -0.25) is 9.05 Å². The normalized spacial score (nSPS) is 14.0. The van der Waals surface area contributed by atoms with Crippen molar-refractivity contribution in [1.29, 1.82) is 0 Å². The van der Waals surface area contributed by atoms with Crippen LogP contribution < -0.4 is 5.32 Å². The minimum Gasteiger partial charge on any atom is -0.379 e. The number of phosphoric ester groups is 1. The van der Waals surface area contributed by atoms with Gasteiger partial charge < -0.3 is 19.4 Å². The first kappa shape index (κ1) is 48.0. The summed E-state index contributed by atoms with van der Waals surface area (Å²) in [5, 5.41) is 3.44. The fourth-order valence-electron chi connectivity index (χ4n) is 6.10. The van der Waals surface area contributed by atoms with Gasteiger partial charge in [0.15, 0.2) is 0 Å². The van der Waals surface area contributed by atoms with E-state index in [0.717, 1.165) is 19.4 Å². The zero-order valence-corrected chi connectivity index (χ0v) is 34.0. The van der Waals surface area contributed by atoms with Crippen LogP contribution in [0.3, 0.4) is 0 Å². The second-order valence-corrected chi connectivity index (χ2v) is 16.9. The summed E-state index contributed by atoms with van der Waals surface area (Å²) >= 11 is 0. The molecule has 0 spiro atoms. The van der Waals surface area contributed by atoms with Crippen molar-refractivity contribution < 1.29 is 27.7 Å². The maximum atomic E-state index is 12.7. The van der Waals surface area contributed by atoms with Crippen molar-refractivity contribution in [2.45, 2.75) is 200 Å². The topological polar surface area (TPSA) is 77.0 Å². The van der Waals surface area contributed by atoms with Gasteiger partial charge in [0, 0.05) is 13.2 Å². The van der Waals surface area contributed by atoms with E-state index in [-0.39, 0.29) is 6.61 Å². The van der Waals surface area contributed by atoms with E-state index in [4.69, 9.17) is 13.8 Å². The largest absolute Gasteiger partial charge is 0.472 e. The van der Waals surface area contributed by atoms with Gasteiger partial charge in [-0.15, -0.1) is 0 Å². The standard InChI is InChI=1S/C40H85N2O5P/c1-6-8-10-12-14-16-18-19-20-21-22-23-24-25-26-28-30-32-34-41-38-40(47-48(43,44)46-37-35-42(3,4)5)39-45-36-33-31-29-27-17-15-13-11-9-7-2/h40-41H,6-39H2,1-5H3/p+1. The molecule has 0 saturated heterocycles. The highest BCUT2D eigenvalue weighted by Crippen LogP contribution is 2.44. The summed E-state index contributed by atoms with van der Waals surface area (Å²) in [6.07, 6.45) is 37.1. The van der Waals surface area contributed by atoms with Gasteiger partial charge in [0.25, 0.3) is 0 Å². The first-order valence-electron chi connectivity index (χ1n) is 20.9. The first-order valence-corrected chi connectivity index (χ1v) is 22.4. The van der Waals surface area contributed by atoms with E-state index >= 15 is 0 Å². The highest BCUT2D eigenvalue weighted by atomic mass is 31.2. The Hall–Kier alpha value is -0.0100. The molecule has 2 atom stereocenters. The Morgan fingerprint density at radius 1 is 0.562 bits per heavy atom. The van der Waals surface area contributed by atoms with Crippen molar-refractivity contribution in [3.05, 3.63) is 0 Å². The molecule has 0 fully saturated rings. The van der Waals surface area contributed by atoms with Crippen molar-refractivity contribution in [1.82, 2.24) is 5.32 Å². The van der Waals surface area contributed by atoms with Crippen LogP contribution in [0.5, 0.6) is 0 Å². The molecule has 48 heavy (non-hydrogen) atoms. The minimum atomic E-state index is -4.15. The molecule has 0 aromatic carbocycles. The van der Waals surface area contributed by atoms with E-state index in [1.54, 1.807) is 0 Å². The molecule has 0 rings (SSSR count). The molecule has 0 radical (unpaired) electrons. The fraction of sp³-hybridized carbons (Fsp3) is 1.00. The van der Waals surface area contributed by atoms with Crippen LogP contribution in [0, 0.1) is 0 Å². The fourth-order valence-corrected chi connectivity index (χ4v) is 6.98. The number of hydrogen-bond acceptors (Lipinski definition) is 5. The number of quaternary nitrogens is 1. The van der Waals surface area contributed by atoms with E-state index in [9.17, 15) is 9.46 Å². The smallest absolute Gasteiger partial charge is 0.379 e. The van der Waals surface area contributed by atoms with Crippen molar-refractivity contribution in [3.63, 3.8) is 0 Å². The summed E-state index contributed by atoms with van der Waals surface area (Å²) < 4.78 is 30.1. The summed E-state index contributed by atoms with van der Waals surface area (Å²) in [5.41, 5.74) is 0. The lowest BCUT2D eigenvalue weighted by molar-refractivity contribution is -0.870. The molecule has 2 unspecified atom stereocenters. The number of ether oxygens (including phenoxy) is 1. The van der Waals surface area contributed by atoms with E-state index in [1.165, 1.54) is 167 Å². The predicted molar refractivity (Wildman–Crippen MR) is 208 cm³/mol. The van der Waals surface area contributed by atoms with Gasteiger partial charge in [0.05, 0.1) is 27.7 Å². The second kappa shape index (κ2) is 35.4. The van der Waals surface area contributed by atoms with Crippen LogP contribution in [0.15, 0.2) is 0 Å². The van der Waals surface area contributed by atoms with Crippen molar-refractivity contribution in [2.24, 2.45) is 0 Å². The molecule has 0 saturated carbocycles. The molecule has 0 heterocycles. The maximum absolute atomic E-state index is 12.7. The zero-order chi connectivity index (χ0) is 35.4. The lowest BCUT2D eigenvalue weighted by Gasteiger charge is -2.25. The zero-order valence-electron chi connectivity index (χ0n) is 33.1. The van der Waals surface area contributed by atoms with E-state index < -0.39 is 13.9 Å². The average molecular weight is 706 g/mol. The van der Waals surface area contributed by atoms with Gasteiger partial charge in [-0.1, -0.05) is 181 Å². The third-order valence-corrected chi connectivity index (χ3v) is 10.4. The van der Waals surface area contributed by atoms with E-state index in [1.807, 2.05) is 21.1 Å². The van der Waals surface area contributed by atoms with Crippen LogP contribution in [0.1, 0.15) is 194 Å². The molecule has 0 bridgehead atoms. The monoisotopic (exact) mass is 706 g/mol. The lowest BCUT2D eigenvalue weighted by atomic mass is 10.0. The van der Waals surface area contributed by atoms with Crippen LogP contribution in [0.4, 0.5) is 0 Å². The van der Waals surface area contributed by atoms with Gasteiger partial charge in [-0.25, -0.2) is 4.57 Å². The van der Waals surface area contributed by atoms with Gasteiger partial charge >= 0.3 is 7.82 Å². The van der Waals surface area contributed by atoms with Crippen molar-refractivity contribution in [2.75, 3.05) is 60.6 Å². The Morgan fingerprint density at radius 3 is 1.33 bits per heavy atom. The summed E-state index contributed by atoms with van der Waals surface area (Å²) in [7, 11) is 1.94. The molecule has 0 aliphatic heterocycles. The number of hydrogen-bond donors (Lipinski definition) is 2. The van der Waals surface area contributed by atoms with Crippen LogP contribution in [-0.2, 0) is 18.3 Å². The number of likely N-dealkylation sites (N-methyl/N-ethyl adjacent to an activating group) is 1. The lowest BCUT2D eigenvalue weighted by Crippen LogP contribution is -2.37.